The highest BCUT2D eigenvalue weighted by molar-refractivity contribution is 7.80. The number of benzene rings is 2. The first kappa shape index (κ1) is 55.4. The number of anilines is 2. The Labute approximate surface area is 376 Å². The molecule has 2 heterocycles. The van der Waals surface area contributed by atoms with E-state index >= 15 is 0 Å². The molecule has 2 saturated heterocycles. The number of nitrogens with one attached hydrogen (secondary N) is 2. The standard InChI is InChI=1S/C19H29N5O4S.C19H28N4O4S.2CO2/c1-22-6-7-23(12-17(25)26)8-9-24(13-18(27)28)16(11-22)10-14-2-4-15(5-3-14)21-19(20)29;1-21-6-7-22(12-18(24)25)8-9-23(13-19(26)27)17(11-21)10-15-2-4-16(5-3-15)20-14-28;2*2-1-3/h2-5,16H,6-13H2,1H3,(H,25,26)(H,27,28)(H3,20,21,29);2-5,14,17H,6-13H2,1H3,(H,20,28)(H,24,25)(H,26,27);;. The van der Waals surface area contributed by atoms with Gasteiger partial charge in [-0.2, -0.15) is 19.2 Å². The van der Waals surface area contributed by atoms with Crippen LogP contribution in [0.5, 0.6) is 0 Å². The summed E-state index contributed by atoms with van der Waals surface area (Å²) in [6.45, 7) is 5.99. The first-order valence-corrected chi connectivity index (χ1v) is 20.4. The van der Waals surface area contributed by atoms with Crippen LogP contribution in [0.2, 0.25) is 0 Å². The van der Waals surface area contributed by atoms with Crippen LogP contribution < -0.4 is 16.4 Å². The zero-order chi connectivity index (χ0) is 47.3. The molecule has 2 aliphatic rings. The van der Waals surface area contributed by atoms with Gasteiger partial charge in [-0.1, -0.05) is 36.5 Å². The van der Waals surface area contributed by atoms with E-state index < -0.39 is 23.9 Å². The number of carbonyl (C=O) groups excluding carboxylic acids is 4. The molecule has 346 valence electrons. The molecule has 4 rings (SSSR count). The minimum atomic E-state index is -0.891. The third-order valence-corrected chi connectivity index (χ3v) is 10.0. The average molecular weight is 920 g/mol. The first-order chi connectivity index (χ1) is 29.9. The fraction of sp³-hybridized carbons (Fsp3) is 0.500. The van der Waals surface area contributed by atoms with E-state index in [1.807, 2.05) is 82.2 Å². The van der Waals surface area contributed by atoms with Gasteiger partial charge in [-0.3, -0.25) is 38.8 Å². The molecular formula is C40H57N9O12S2. The molecule has 2 aromatic rings. The lowest BCUT2D eigenvalue weighted by Crippen LogP contribution is -2.47. The molecule has 0 aromatic heterocycles. The predicted molar refractivity (Wildman–Crippen MR) is 237 cm³/mol. The van der Waals surface area contributed by atoms with E-state index in [1.54, 1.807) is 0 Å². The van der Waals surface area contributed by atoms with Gasteiger partial charge in [0.2, 0.25) is 0 Å². The molecule has 2 unspecified atom stereocenters. The molecule has 0 spiro atoms. The van der Waals surface area contributed by atoms with Gasteiger partial charge in [-0.25, -0.2) is 0 Å². The highest BCUT2D eigenvalue weighted by atomic mass is 32.1. The summed E-state index contributed by atoms with van der Waals surface area (Å²) in [7, 11) is 3.97. The Kier molecular flexibility index (Phi) is 27.5. The van der Waals surface area contributed by atoms with Crippen molar-refractivity contribution < 1.29 is 58.8 Å². The van der Waals surface area contributed by atoms with E-state index in [-0.39, 0.29) is 55.7 Å². The number of carboxylic acid groups (broad SMARTS) is 4. The van der Waals surface area contributed by atoms with Crippen molar-refractivity contribution in [3.05, 3.63) is 59.7 Å². The van der Waals surface area contributed by atoms with Crippen molar-refractivity contribution in [1.29, 1.82) is 0 Å². The molecule has 0 aliphatic carbocycles. The normalized spacial score (nSPS) is 18.2. The lowest BCUT2D eigenvalue weighted by Gasteiger charge is -2.32. The van der Waals surface area contributed by atoms with E-state index in [0.29, 0.717) is 65.2 Å². The molecule has 2 atom stereocenters. The summed E-state index contributed by atoms with van der Waals surface area (Å²) in [5.41, 5.74) is 10.9. The number of aliphatic carboxylic acids is 4. The number of hydrogen-bond donors (Lipinski definition) is 7. The van der Waals surface area contributed by atoms with E-state index in [1.165, 1.54) is 5.49 Å². The number of likely N-dealkylation sites (N-methyl/N-ethyl adjacent to an activating group) is 2. The van der Waals surface area contributed by atoms with Gasteiger partial charge in [0.25, 0.3) is 0 Å². The van der Waals surface area contributed by atoms with Gasteiger partial charge in [-0.05, 0) is 74.5 Å². The molecule has 0 radical (unpaired) electrons. The third-order valence-electron chi connectivity index (χ3n) is 9.82. The number of nitrogens with zero attached hydrogens (tertiary/aromatic N) is 6. The van der Waals surface area contributed by atoms with Gasteiger partial charge >= 0.3 is 36.2 Å². The first-order valence-electron chi connectivity index (χ1n) is 19.5. The van der Waals surface area contributed by atoms with Crippen LogP contribution >= 0.6 is 24.4 Å². The molecular weight excluding hydrogens is 863 g/mol. The fourth-order valence-electron chi connectivity index (χ4n) is 6.95. The molecule has 63 heavy (non-hydrogen) atoms. The van der Waals surface area contributed by atoms with Crippen LogP contribution in [0.15, 0.2) is 48.5 Å². The van der Waals surface area contributed by atoms with Crippen LogP contribution in [0.25, 0.3) is 0 Å². The van der Waals surface area contributed by atoms with Crippen molar-refractivity contribution in [1.82, 2.24) is 29.4 Å². The van der Waals surface area contributed by atoms with Crippen molar-refractivity contribution in [2.24, 2.45) is 5.73 Å². The van der Waals surface area contributed by atoms with Crippen molar-refractivity contribution >= 4 is 82.6 Å². The minimum absolute atomic E-state index is 0.00438. The maximum Gasteiger partial charge on any atom is 0.373 e. The van der Waals surface area contributed by atoms with Crippen LogP contribution in [0.1, 0.15) is 11.1 Å². The summed E-state index contributed by atoms with van der Waals surface area (Å²) in [5, 5.41) is 43.0. The third kappa shape index (κ3) is 25.2. The number of carboxylic acids is 4. The Balaban J connectivity index is 0.000000560. The second-order valence-corrected chi connectivity index (χ2v) is 15.3. The highest BCUT2D eigenvalue weighted by Gasteiger charge is 2.27. The molecule has 2 fully saturated rings. The van der Waals surface area contributed by atoms with Gasteiger partial charge in [-0.15, -0.1) is 0 Å². The maximum absolute atomic E-state index is 11.4. The molecule has 2 aromatic carbocycles. The van der Waals surface area contributed by atoms with E-state index in [4.69, 9.17) is 59.6 Å². The molecule has 23 heteroatoms. The Morgan fingerprint density at radius 3 is 1.27 bits per heavy atom. The van der Waals surface area contributed by atoms with Crippen molar-refractivity contribution in [3.63, 3.8) is 0 Å². The minimum Gasteiger partial charge on any atom is -0.480 e. The Morgan fingerprint density at radius 1 is 0.619 bits per heavy atom. The monoisotopic (exact) mass is 919 g/mol. The predicted octanol–water partition coefficient (Wildman–Crippen LogP) is -0.510. The Morgan fingerprint density at radius 2 is 0.952 bits per heavy atom. The molecule has 0 amide bonds. The fourth-order valence-corrected chi connectivity index (χ4v) is 7.21. The summed E-state index contributed by atoms with van der Waals surface area (Å²) in [4.78, 5) is 89.4. The van der Waals surface area contributed by atoms with E-state index in [0.717, 1.165) is 35.6 Å². The summed E-state index contributed by atoms with van der Waals surface area (Å²) < 4.78 is 0. The number of rotatable bonds is 15. The number of nitrogens with two attached hydrogens (primary N) is 1. The summed E-state index contributed by atoms with van der Waals surface area (Å²) >= 11 is 9.64. The molecule has 2 aliphatic heterocycles. The van der Waals surface area contributed by atoms with Crippen molar-refractivity contribution in [3.8, 4) is 0 Å². The average Bonchev–Trinajstić information content (AvgIpc) is 3.30. The quantitative estimate of drug-likeness (QED) is 0.111. The van der Waals surface area contributed by atoms with Crippen LogP contribution in [0.4, 0.5) is 11.4 Å². The number of hydrogen-bond acceptors (Lipinski definition) is 16. The maximum atomic E-state index is 11.4. The molecule has 21 nitrogen and oxygen atoms in total. The smallest absolute Gasteiger partial charge is 0.373 e. The molecule has 0 bridgehead atoms. The zero-order valence-electron chi connectivity index (χ0n) is 35.3. The van der Waals surface area contributed by atoms with Crippen molar-refractivity contribution in [2.75, 3.05) is 116 Å². The lowest BCUT2D eigenvalue weighted by molar-refractivity contribution is -0.193. The SMILES string of the molecule is CN1CCN(CC(=O)O)CCN(CC(=O)O)C(Cc2ccc(NC(N)=S)cc2)C1.CN1CCN(CC(=O)O)CCN(CC(=O)O)C(Cc2ccc(NC=S)cc2)C1.O=C=O.O=C=O. The van der Waals surface area contributed by atoms with Gasteiger partial charge in [0.05, 0.1) is 31.7 Å². The summed E-state index contributed by atoms with van der Waals surface area (Å²) in [5.74, 6) is -3.51. The second kappa shape index (κ2) is 31.3. The van der Waals surface area contributed by atoms with Gasteiger partial charge in [0, 0.05) is 88.9 Å². The van der Waals surface area contributed by atoms with Crippen LogP contribution in [-0.2, 0) is 51.2 Å². The topological polar surface area (TPSA) is 287 Å². The van der Waals surface area contributed by atoms with E-state index in [9.17, 15) is 29.4 Å². The van der Waals surface area contributed by atoms with Gasteiger partial charge in [0.1, 0.15) is 0 Å². The Bertz CT molecular complexity index is 1800. The number of carbonyl (C=O) groups is 4. The molecule has 0 saturated carbocycles. The molecule has 8 N–H and O–H groups in total. The highest BCUT2D eigenvalue weighted by Crippen LogP contribution is 2.17. The second-order valence-electron chi connectivity index (χ2n) is 14.6. The Hall–Kier alpha value is -5.58. The summed E-state index contributed by atoms with van der Waals surface area (Å²) in [6.07, 6.45) is 1.90. The lowest BCUT2D eigenvalue weighted by atomic mass is 10.0. The largest absolute Gasteiger partial charge is 0.480 e. The zero-order valence-corrected chi connectivity index (χ0v) is 36.9. The van der Waals surface area contributed by atoms with Crippen molar-refractivity contribution in [2.45, 2.75) is 24.9 Å². The number of thiocarbonyl (C=S) groups is 2. The van der Waals surface area contributed by atoms with Crippen LogP contribution in [0, 0.1) is 0 Å². The van der Waals surface area contributed by atoms with E-state index in [2.05, 4.69) is 20.4 Å². The van der Waals surface area contributed by atoms with Gasteiger partial charge in [0.15, 0.2) is 5.11 Å². The summed E-state index contributed by atoms with van der Waals surface area (Å²) in [6, 6.07) is 15.7. The van der Waals surface area contributed by atoms with Crippen LogP contribution in [0.3, 0.4) is 0 Å². The van der Waals surface area contributed by atoms with Gasteiger partial charge < -0.3 is 46.6 Å². The van der Waals surface area contributed by atoms with Crippen LogP contribution in [-0.4, -0.2) is 214 Å².